The normalized spacial score (nSPS) is 11.6. The summed E-state index contributed by atoms with van der Waals surface area (Å²) >= 11 is 1.27. The van der Waals surface area contributed by atoms with Gasteiger partial charge in [-0.2, -0.15) is 0 Å². The highest BCUT2D eigenvalue weighted by molar-refractivity contribution is 7.20. The van der Waals surface area contributed by atoms with E-state index in [-0.39, 0.29) is 11.5 Å². The van der Waals surface area contributed by atoms with E-state index in [0.29, 0.717) is 39.6 Å². The molecule has 0 atom stereocenters. The monoisotopic (exact) mass is 337 g/mol. The molecule has 126 valence electrons. The molecule has 0 aromatic carbocycles. The molecule has 0 aliphatic carbocycles. The molecule has 2 aromatic rings. The van der Waals surface area contributed by atoms with E-state index in [9.17, 15) is 9.59 Å². The quantitative estimate of drug-likeness (QED) is 0.809. The van der Waals surface area contributed by atoms with E-state index >= 15 is 0 Å². The second-order valence-corrected chi connectivity index (χ2v) is 7.04. The van der Waals surface area contributed by atoms with Crippen molar-refractivity contribution in [2.45, 2.75) is 13.5 Å². The summed E-state index contributed by atoms with van der Waals surface area (Å²) in [6.07, 6.45) is 0. The lowest BCUT2D eigenvalue weighted by Crippen LogP contribution is -2.31. The molecule has 0 saturated carbocycles. The summed E-state index contributed by atoms with van der Waals surface area (Å²) in [5, 5.41) is 3.39. The molecule has 2 aromatic heterocycles. The first-order valence-corrected chi connectivity index (χ1v) is 8.21. The van der Waals surface area contributed by atoms with Crippen molar-refractivity contribution in [2.24, 2.45) is 0 Å². The van der Waals surface area contributed by atoms with Crippen molar-refractivity contribution in [1.82, 2.24) is 25.1 Å². The second-order valence-electron chi connectivity index (χ2n) is 6.05. The average molecular weight is 337 g/mol. The molecule has 0 saturated heterocycles. The number of hydrogen-bond donors (Lipinski definition) is 2. The maximum absolute atomic E-state index is 12.3. The Kier molecular flexibility index (Phi) is 5.51. The van der Waals surface area contributed by atoms with Gasteiger partial charge in [-0.1, -0.05) is 0 Å². The molecular weight excluding hydrogens is 314 g/mol. The number of aryl methyl sites for hydroxylation is 1. The molecule has 23 heavy (non-hydrogen) atoms. The zero-order valence-corrected chi connectivity index (χ0v) is 15.0. The second kappa shape index (κ2) is 7.20. The number of rotatable bonds is 6. The van der Waals surface area contributed by atoms with Crippen LogP contribution in [-0.4, -0.2) is 67.0 Å². The van der Waals surface area contributed by atoms with E-state index in [4.69, 9.17) is 0 Å². The topological polar surface area (TPSA) is 81.3 Å². The number of nitrogens with one attached hydrogen (secondary N) is 2. The third-order valence-electron chi connectivity index (χ3n) is 3.37. The molecule has 2 N–H and O–H groups in total. The number of nitrogens with zero attached hydrogens (tertiary/aromatic N) is 3. The maximum atomic E-state index is 12.3. The molecule has 8 heteroatoms. The summed E-state index contributed by atoms with van der Waals surface area (Å²) in [5.74, 6) is 0.453. The first-order valence-electron chi connectivity index (χ1n) is 7.39. The minimum Gasteiger partial charge on any atom is -0.350 e. The predicted molar refractivity (Wildman–Crippen MR) is 93.3 cm³/mol. The third-order valence-corrected chi connectivity index (χ3v) is 4.55. The van der Waals surface area contributed by atoms with Gasteiger partial charge in [-0.3, -0.25) is 9.59 Å². The number of carbonyl (C=O) groups is 1. The number of likely N-dealkylation sites (N-methyl/N-ethyl adjacent to an activating group) is 1. The molecule has 0 bridgehead atoms. The van der Waals surface area contributed by atoms with Crippen LogP contribution in [0.2, 0.25) is 0 Å². The van der Waals surface area contributed by atoms with E-state index < -0.39 is 0 Å². The molecule has 0 unspecified atom stereocenters. The van der Waals surface area contributed by atoms with E-state index in [0.717, 1.165) is 6.54 Å². The van der Waals surface area contributed by atoms with Crippen LogP contribution in [0.25, 0.3) is 10.2 Å². The molecular formula is C15H23N5O2S. The van der Waals surface area contributed by atoms with Gasteiger partial charge in [0, 0.05) is 13.1 Å². The van der Waals surface area contributed by atoms with Gasteiger partial charge in [-0.05, 0) is 40.7 Å². The van der Waals surface area contributed by atoms with Crippen molar-refractivity contribution in [3.63, 3.8) is 0 Å². The van der Waals surface area contributed by atoms with Gasteiger partial charge in [0.2, 0.25) is 0 Å². The zero-order valence-electron chi connectivity index (χ0n) is 14.2. The number of aromatic nitrogens is 2. The van der Waals surface area contributed by atoms with Crippen LogP contribution < -0.4 is 10.9 Å². The van der Waals surface area contributed by atoms with Gasteiger partial charge in [-0.25, -0.2) is 4.98 Å². The van der Waals surface area contributed by atoms with Crippen LogP contribution in [0.3, 0.4) is 0 Å². The molecule has 1 amide bonds. The summed E-state index contributed by atoms with van der Waals surface area (Å²) in [4.78, 5) is 37.0. The number of thiophene rings is 1. The van der Waals surface area contributed by atoms with E-state index in [2.05, 4.69) is 15.3 Å². The number of fused-ring (bicyclic) bond motifs is 1. The van der Waals surface area contributed by atoms with Crippen molar-refractivity contribution < 1.29 is 4.79 Å². The van der Waals surface area contributed by atoms with Crippen molar-refractivity contribution >= 4 is 27.5 Å². The van der Waals surface area contributed by atoms with Crippen LogP contribution >= 0.6 is 11.3 Å². The molecule has 7 nitrogen and oxygen atoms in total. The number of hydrogen-bond acceptors (Lipinski definition) is 6. The van der Waals surface area contributed by atoms with E-state index in [1.807, 2.05) is 38.0 Å². The van der Waals surface area contributed by atoms with Gasteiger partial charge in [0.1, 0.15) is 10.7 Å². The fourth-order valence-electron chi connectivity index (χ4n) is 2.25. The number of H-pyrrole nitrogens is 1. The summed E-state index contributed by atoms with van der Waals surface area (Å²) in [6.45, 7) is 3.67. The van der Waals surface area contributed by atoms with Gasteiger partial charge in [0.15, 0.2) is 0 Å². The van der Waals surface area contributed by atoms with Gasteiger partial charge in [0.05, 0.1) is 16.8 Å². The standard InChI is InChI=1S/C15H23N5O2S/c1-9-11-13(21)17-10(8-20(4)5)18-15(11)23-12(9)14(22)16-6-7-19(2)3/h6-8H2,1-5H3,(H,16,22)(H,17,18,21). The molecule has 2 heterocycles. The summed E-state index contributed by atoms with van der Waals surface area (Å²) in [6, 6.07) is 0. The Morgan fingerprint density at radius 2 is 1.96 bits per heavy atom. The van der Waals surface area contributed by atoms with Crippen LogP contribution in [0.1, 0.15) is 21.1 Å². The summed E-state index contributed by atoms with van der Waals surface area (Å²) in [7, 11) is 7.72. The van der Waals surface area contributed by atoms with Gasteiger partial charge >= 0.3 is 0 Å². The van der Waals surface area contributed by atoms with E-state index in [1.54, 1.807) is 6.92 Å². The first-order chi connectivity index (χ1) is 10.8. The van der Waals surface area contributed by atoms with Crippen LogP contribution in [0.4, 0.5) is 0 Å². The summed E-state index contributed by atoms with van der Waals surface area (Å²) in [5.41, 5.74) is 0.505. The fourth-order valence-corrected chi connectivity index (χ4v) is 3.37. The SMILES string of the molecule is Cc1c(C(=O)NCCN(C)C)sc2nc(CN(C)C)[nH]c(=O)c12. The van der Waals surface area contributed by atoms with Crippen molar-refractivity contribution in [1.29, 1.82) is 0 Å². The average Bonchev–Trinajstić information content (AvgIpc) is 2.75. The molecule has 0 radical (unpaired) electrons. The van der Waals surface area contributed by atoms with Crippen molar-refractivity contribution in [3.8, 4) is 0 Å². The highest BCUT2D eigenvalue weighted by atomic mass is 32.1. The fraction of sp³-hybridized carbons (Fsp3) is 0.533. The molecule has 0 spiro atoms. The molecule has 0 fully saturated rings. The lowest BCUT2D eigenvalue weighted by atomic mass is 10.2. The zero-order chi connectivity index (χ0) is 17.1. The third kappa shape index (κ3) is 4.15. The Morgan fingerprint density at radius 3 is 2.57 bits per heavy atom. The highest BCUT2D eigenvalue weighted by Gasteiger charge is 2.19. The summed E-state index contributed by atoms with van der Waals surface area (Å²) < 4.78 is 0. The van der Waals surface area contributed by atoms with Crippen LogP contribution in [-0.2, 0) is 6.54 Å². The Labute approximate surface area is 139 Å². The highest BCUT2D eigenvalue weighted by Crippen LogP contribution is 2.26. The first kappa shape index (κ1) is 17.6. The largest absolute Gasteiger partial charge is 0.350 e. The number of aromatic amines is 1. The minimum absolute atomic E-state index is 0.152. The van der Waals surface area contributed by atoms with Gasteiger partial charge in [0.25, 0.3) is 11.5 Å². The van der Waals surface area contributed by atoms with Gasteiger partial charge < -0.3 is 20.1 Å². The number of amides is 1. The number of carbonyl (C=O) groups excluding carboxylic acids is 1. The molecule has 0 aliphatic heterocycles. The lowest BCUT2D eigenvalue weighted by molar-refractivity contribution is 0.0954. The minimum atomic E-state index is -0.187. The maximum Gasteiger partial charge on any atom is 0.261 e. The molecule has 2 rings (SSSR count). The van der Waals surface area contributed by atoms with Crippen molar-refractivity contribution in [2.75, 3.05) is 41.3 Å². The predicted octanol–water partition coefficient (Wildman–Crippen LogP) is 0.646. The van der Waals surface area contributed by atoms with Crippen LogP contribution in [0.15, 0.2) is 4.79 Å². The van der Waals surface area contributed by atoms with Crippen molar-refractivity contribution in [3.05, 3.63) is 26.6 Å². The Hall–Kier alpha value is -1.77. The molecule has 0 aliphatic rings. The van der Waals surface area contributed by atoms with Crippen LogP contribution in [0.5, 0.6) is 0 Å². The Bertz CT molecular complexity index is 763. The van der Waals surface area contributed by atoms with E-state index in [1.165, 1.54) is 11.3 Å². The Balaban J connectivity index is 2.32. The lowest BCUT2D eigenvalue weighted by Gasteiger charge is -2.09. The Morgan fingerprint density at radius 1 is 1.26 bits per heavy atom. The van der Waals surface area contributed by atoms with Gasteiger partial charge in [-0.15, -0.1) is 11.3 Å². The van der Waals surface area contributed by atoms with Crippen LogP contribution in [0, 0.1) is 6.92 Å². The smallest absolute Gasteiger partial charge is 0.261 e.